The number of aromatic nitrogens is 5. The summed E-state index contributed by atoms with van der Waals surface area (Å²) in [6.07, 6.45) is 2.92. The molecule has 2 heterocycles. The third-order valence-corrected chi connectivity index (χ3v) is 1.01. The summed E-state index contributed by atoms with van der Waals surface area (Å²) in [7, 11) is 0. The van der Waals surface area contributed by atoms with E-state index in [1.54, 1.807) is 0 Å². The standard InChI is InChI=1S/C4H3N5O/c1-3(10-9-6-1)4-5-2-7-8-4/h1-2H,(H,5,7,8). The van der Waals surface area contributed by atoms with Crippen molar-refractivity contribution in [3.05, 3.63) is 12.5 Å². The minimum absolute atomic E-state index is 0.484. The highest BCUT2D eigenvalue weighted by Crippen LogP contribution is 2.08. The molecule has 2 aromatic heterocycles. The molecule has 2 aromatic rings. The number of rotatable bonds is 1. The van der Waals surface area contributed by atoms with Crippen LogP contribution in [0.4, 0.5) is 0 Å². The Morgan fingerprint density at radius 3 is 3.00 bits per heavy atom. The molecular weight excluding hydrogens is 134 g/mol. The molecule has 6 nitrogen and oxygen atoms in total. The van der Waals surface area contributed by atoms with Crippen molar-refractivity contribution >= 4 is 0 Å². The molecule has 0 aliphatic rings. The molecule has 0 radical (unpaired) electrons. The molecule has 2 rings (SSSR count). The van der Waals surface area contributed by atoms with Gasteiger partial charge in [0.2, 0.25) is 11.6 Å². The zero-order chi connectivity index (χ0) is 6.81. The van der Waals surface area contributed by atoms with Gasteiger partial charge in [0.1, 0.15) is 12.5 Å². The molecular formula is C4H3N5O. The van der Waals surface area contributed by atoms with Crippen LogP contribution in [0.2, 0.25) is 0 Å². The van der Waals surface area contributed by atoms with Crippen LogP contribution in [-0.4, -0.2) is 25.6 Å². The van der Waals surface area contributed by atoms with Crippen LogP contribution in [0.15, 0.2) is 17.0 Å². The number of nitrogens with one attached hydrogen (secondary N) is 1. The predicted octanol–water partition coefficient (Wildman–Crippen LogP) is -0.145. The van der Waals surface area contributed by atoms with Crippen molar-refractivity contribution in [2.75, 3.05) is 0 Å². The van der Waals surface area contributed by atoms with E-state index in [4.69, 9.17) is 0 Å². The van der Waals surface area contributed by atoms with Crippen molar-refractivity contribution in [1.29, 1.82) is 0 Å². The smallest absolute Gasteiger partial charge is 0.224 e. The SMILES string of the molecule is c1nnc(-c2cnno2)[nH]1. The van der Waals surface area contributed by atoms with E-state index in [2.05, 4.69) is 30.1 Å². The van der Waals surface area contributed by atoms with Crippen molar-refractivity contribution in [3.63, 3.8) is 0 Å². The number of H-pyrrole nitrogens is 1. The Labute approximate surface area is 55.3 Å². The monoisotopic (exact) mass is 137 g/mol. The molecule has 0 aliphatic heterocycles. The summed E-state index contributed by atoms with van der Waals surface area (Å²) >= 11 is 0. The minimum Gasteiger partial charge on any atom is -0.333 e. The second-order valence-corrected chi connectivity index (χ2v) is 1.62. The first-order valence-corrected chi connectivity index (χ1v) is 2.60. The zero-order valence-corrected chi connectivity index (χ0v) is 4.85. The molecule has 0 aliphatic carbocycles. The third kappa shape index (κ3) is 0.661. The highest BCUT2D eigenvalue weighted by Gasteiger charge is 2.03. The molecule has 0 unspecified atom stereocenters. The maximum absolute atomic E-state index is 4.68. The molecule has 0 bridgehead atoms. The number of nitrogens with zero attached hydrogens (tertiary/aromatic N) is 4. The van der Waals surface area contributed by atoms with Crippen LogP contribution >= 0.6 is 0 Å². The Balaban J connectivity index is 2.48. The summed E-state index contributed by atoms with van der Waals surface area (Å²) in [5, 5.41) is 14.0. The van der Waals surface area contributed by atoms with Gasteiger partial charge in [0.25, 0.3) is 0 Å². The summed E-state index contributed by atoms with van der Waals surface area (Å²) in [4.78, 5) is 2.74. The average Bonchev–Trinajstić information content (AvgIpc) is 2.59. The van der Waals surface area contributed by atoms with Gasteiger partial charge in [0, 0.05) is 5.27 Å². The van der Waals surface area contributed by atoms with Gasteiger partial charge in [-0.25, -0.2) is 0 Å². The molecule has 0 spiro atoms. The fourth-order valence-electron chi connectivity index (χ4n) is 0.597. The average molecular weight is 137 g/mol. The maximum Gasteiger partial charge on any atom is 0.224 e. The Hall–Kier alpha value is -1.72. The van der Waals surface area contributed by atoms with E-state index in [1.165, 1.54) is 12.5 Å². The fourth-order valence-corrected chi connectivity index (χ4v) is 0.597. The summed E-state index contributed by atoms with van der Waals surface area (Å²) in [5.74, 6) is 1.02. The highest BCUT2D eigenvalue weighted by molar-refractivity contribution is 5.41. The van der Waals surface area contributed by atoms with E-state index in [9.17, 15) is 0 Å². The lowest BCUT2D eigenvalue weighted by atomic mass is 10.5. The Bertz CT molecular complexity index is 253. The van der Waals surface area contributed by atoms with Gasteiger partial charge in [-0.2, -0.15) is 0 Å². The molecule has 0 atom stereocenters. The fraction of sp³-hybridized carbons (Fsp3) is 0. The van der Waals surface area contributed by atoms with Gasteiger partial charge in [-0.15, -0.1) is 15.3 Å². The lowest BCUT2D eigenvalue weighted by Gasteiger charge is -1.79. The molecule has 50 valence electrons. The Kier molecular flexibility index (Phi) is 0.970. The highest BCUT2D eigenvalue weighted by atomic mass is 16.5. The zero-order valence-electron chi connectivity index (χ0n) is 4.85. The number of hydrogen-bond acceptors (Lipinski definition) is 5. The topological polar surface area (TPSA) is 80.5 Å². The first-order chi connectivity index (χ1) is 4.97. The molecule has 10 heavy (non-hydrogen) atoms. The first kappa shape index (κ1) is 5.10. The predicted molar refractivity (Wildman–Crippen MR) is 29.7 cm³/mol. The van der Waals surface area contributed by atoms with Gasteiger partial charge >= 0.3 is 0 Å². The number of aromatic amines is 1. The number of hydrogen-bond donors (Lipinski definition) is 1. The van der Waals surface area contributed by atoms with Gasteiger partial charge in [0.05, 0.1) is 0 Å². The van der Waals surface area contributed by atoms with E-state index in [1.807, 2.05) is 0 Å². The van der Waals surface area contributed by atoms with Gasteiger partial charge < -0.3 is 9.51 Å². The molecule has 0 aromatic carbocycles. The summed E-state index contributed by atoms with van der Waals surface area (Å²) < 4.78 is 4.68. The Morgan fingerprint density at radius 1 is 1.40 bits per heavy atom. The molecule has 0 fully saturated rings. The van der Waals surface area contributed by atoms with Crippen LogP contribution in [0, 0.1) is 0 Å². The quantitative estimate of drug-likeness (QED) is 0.591. The minimum atomic E-state index is 0.484. The van der Waals surface area contributed by atoms with E-state index in [0.717, 1.165) is 0 Å². The van der Waals surface area contributed by atoms with E-state index < -0.39 is 0 Å². The summed E-state index contributed by atoms with van der Waals surface area (Å²) in [6.45, 7) is 0. The Morgan fingerprint density at radius 2 is 2.40 bits per heavy atom. The van der Waals surface area contributed by atoms with Crippen LogP contribution in [0.25, 0.3) is 11.6 Å². The molecule has 0 amide bonds. The molecule has 1 N–H and O–H groups in total. The second kappa shape index (κ2) is 1.90. The first-order valence-electron chi connectivity index (χ1n) is 2.60. The van der Waals surface area contributed by atoms with Crippen molar-refractivity contribution in [1.82, 2.24) is 25.6 Å². The van der Waals surface area contributed by atoms with Gasteiger partial charge in [-0.1, -0.05) is 0 Å². The van der Waals surface area contributed by atoms with Crippen molar-refractivity contribution in [2.24, 2.45) is 0 Å². The lowest BCUT2D eigenvalue weighted by Crippen LogP contribution is -1.74. The van der Waals surface area contributed by atoms with E-state index in [-0.39, 0.29) is 0 Å². The van der Waals surface area contributed by atoms with Crippen LogP contribution < -0.4 is 0 Å². The van der Waals surface area contributed by atoms with Crippen LogP contribution in [-0.2, 0) is 0 Å². The van der Waals surface area contributed by atoms with E-state index >= 15 is 0 Å². The summed E-state index contributed by atoms with van der Waals surface area (Å²) in [5.41, 5.74) is 0. The molecule has 0 saturated carbocycles. The van der Waals surface area contributed by atoms with Crippen molar-refractivity contribution < 1.29 is 4.52 Å². The van der Waals surface area contributed by atoms with Gasteiger partial charge in [0.15, 0.2) is 0 Å². The van der Waals surface area contributed by atoms with Crippen LogP contribution in [0.5, 0.6) is 0 Å². The lowest BCUT2D eigenvalue weighted by molar-refractivity contribution is 0.401. The van der Waals surface area contributed by atoms with Gasteiger partial charge in [-0.05, 0) is 0 Å². The van der Waals surface area contributed by atoms with Crippen LogP contribution in [0.3, 0.4) is 0 Å². The van der Waals surface area contributed by atoms with Gasteiger partial charge in [-0.3, -0.25) is 0 Å². The van der Waals surface area contributed by atoms with E-state index in [0.29, 0.717) is 11.6 Å². The second-order valence-electron chi connectivity index (χ2n) is 1.62. The largest absolute Gasteiger partial charge is 0.333 e. The molecule has 0 saturated heterocycles. The third-order valence-electron chi connectivity index (χ3n) is 1.01. The van der Waals surface area contributed by atoms with Crippen LogP contribution in [0.1, 0.15) is 0 Å². The van der Waals surface area contributed by atoms with Crippen molar-refractivity contribution in [3.8, 4) is 11.6 Å². The van der Waals surface area contributed by atoms with Crippen molar-refractivity contribution in [2.45, 2.75) is 0 Å². The normalized spacial score (nSPS) is 10.0. The summed E-state index contributed by atoms with van der Waals surface area (Å²) in [6, 6.07) is 0. The maximum atomic E-state index is 4.68. The molecule has 6 heteroatoms.